The molecule has 3 rings (SSSR count). The number of benzene rings is 1. The highest BCUT2D eigenvalue weighted by Crippen LogP contribution is 2.23. The van der Waals surface area contributed by atoms with Crippen molar-refractivity contribution in [3.8, 4) is 11.5 Å². The van der Waals surface area contributed by atoms with Crippen LogP contribution >= 0.6 is 0 Å². The highest BCUT2D eigenvalue weighted by Gasteiger charge is 2.13. The lowest BCUT2D eigenvalue weighted by Gasteiger charge is -1.99. The van der Waals surface area contributed by atoms with Crippen molar-refractivity contribution in [2.75, 3.05) is 0 Å². The number of fused-ring (bicyclic) bond motifs is 1. The smallest absolute Gasteiger partial charge is 0.161 e. The van der Waals surface area contributed by atoms with Gasteiger partial charge in [-0.25, -0.2) is 13.8 Å². The predicted octanol–water partition coefficient (Wildman–Crippen LogP) is 3.03. The first-order valence-electron chi connectivity index (χ1n) is 5.98. The van der Waals surface area contributed by atoms with Crippen LogP contribution in [0.5, 0.6) is 0 Å². The van der Waals surface area contributed by atoms with E-state index in [1.165, 1.54) is 0 Å². The van der Waals surface area contributed by atoms with Gasteiger partial charge in [0.2, 0.25) is 0 Å². The number of aryl methyl sites for hydroxylation is 2. The molecule has 1 aromatic carbocycles. The Balaban J connectivity index is 2.20. The summed E-state index contributed by atoms with van der Waals surface area (Å²) in [5.41, 5.74) is 2.54. The summed E-state index contributed by atoms with van der Waals surface area (Å²) in [5.74, 6) is -1.23. The second-order valence-corrected chi connectivity index (χ2v) is 4.36. The van der Waals surface area contributed by atoms with Crippen molar-refractivity contribution in [1.29, 1.82) is 0 Å². The number of halogens is 2. The van der Waals surface area contributed by atoms with E-state index in [0.29, 0.717) is 23.4 Å². The van der Waals surface area contributed by atoms with Gasteiger partial charge in [0, 0.05) is 18.7 Å². The number of nitrogens with one attached hydrogen (secondary N) is 1. The number of aromatic nitrogens is 4. The van der Waals surface area contributed by atoms with Crippen LogP contribution in [-0.4, -0.2) is 19.7 Å². The summed E-state index contributed by atoms with van der Waals surface area (Å²) in [5, 5.41) is 4.32. The summed E-state index contributed by atoms with van der Waals surface area (Å²) in [6.45, 7) is 4.55. The molecule has 0 aliphatic rings. The molecule has 0 bridgehead atoms. The lowest BCUT2D eigenvalue weighted by Crippen LogP contribution is -1.99. The normalized spacial score (nSPS) is 11.4. The number of aromatic amines is 1. The van der Waals surface area contributed by atoms with E-state index in [9.17, 15) is 8.78 Å². The van der Waals surface area contributed by atoms with Crippen LogP contribution in [0.3, 0.4) is 0 Å². The monoisotopic (exact) mass is 262 g/mol. The van der Waals surface area contributed by atoms with Crippen molar-refractivity contribution in [2.24, 2.45) is 0 Å². The summed E-state index contributed by atoms with van der Waals surface area (Å²) >= 11 is 0. The molecule has 0 saturated carbocycles. The van der Waals surface area contributed by atoms with Crippen molar-refractivity contribution in [3.63, 3.8) is 0 Å². The average Bonchev–Trinajstić information content (AvgIpc) is 2.93. The number of hydrogen-bond donors (Lipinski definition) is 1. The van der Waals surface area contributed by atoms with E-state index in [4.69, 9.17) is 0 Å². The number of imidazole rings is 1. The minimum atomic E-state index is -0.897. The summed E-state index contributed by atoms with van der Waals surface area (Å²) in [7, 11) is 0. The molecule has 19 heavy (non-hydrogen) atoms. The van der Waals surface area contributed by atoms with Gasteiger partial charge in [0.1, 0.15) is 5.69 Å². The lowest BCUT2D eigenvalue weighted by atomic mass is 10.3. The van der Waals surface area contributed by atoms with Gasteiger partial charge in [-0.05, 0) is 19.9 Å². The zero-order valence-corrected chi connectivity index (χ0v) is 10.5. The maximum absolute atomic E-state index is 13.2. The molecule has 4 nitrogen and oxygen atoms in total. The van der Waals surface area contributed by atoms with Gasteiger partial charge in [0.05, 0.1) is 16.7 Å². The minimum Gasteiger partial charge on any atom is -0.337 e. The molecule has 98 valence electrons. The molecule has 0 fully saturated rings. The first-order valence-corrected chi connectivity index (χ1v) is 5.98. The summed E-state index contributed by atoms with van der Waals surface area (Å²) in [6.07, 6.45) is 0. The van der Waals surface area contributed by atoms with Gasteiger partial charge < -0.3 is 4.98 Å². The van der Waals surface area contributed by atoms with Crippen LogP contribution in [-0.2, 0) is 6.54 Å². The molecular weight excluding hydrogens is 250 g/mol. The van der Waals surface area contributed by atoms with Crippen LogP contribution < -0.4 is 0 Å². The zero-order chi connectivity index (χ0) is 13.6. The molecule has 0 saturated heterocycles. The van der Waals surface area contributed by atoms with Crippen LogP contribution in [0.2, 0.25) is 0 Å². The van der Waals surface area contributed by atoms with Crippen molar-refractivity contribution < 1.29 is 8.78 Å². The fourth-order valence-electron chi connectivity index (χ4n) is 2.10. The Bertz CT molecular complexity index is 718. The Labute approximate surface area is 108 Å². The summed E-state index contributed by atoms with van der Waals surface area (Å²) < 4.78 is 28.1. The standard InChI is InChI=1S/C13H12F2N4/c1-3-19-12(4-7(2)18-19)13-16-10-5-8(14)9(15)6-11(10)17-13/h4-6H,3H2,1-2H3,(H,16,17). The molecule has 1 N–H and O–H groups in total. The average molecular weight is 262 g/mol. The third-order valence-corrected chi connectivity index (χ3v) is 2.97. The van der Waals surface area contributed by atoms with Gasteiger partial charge in [-0.3, -0.25) is 4.68 Å². The summed E-state index contributed by atoms with van der Waals surface area (Å²) in [4.78, 5) is 7.27. The van der Waals surface area contributed by atoms with Crippen LogP contribution in [0.4, 0.5) is 8.78 Å². The molecule has 0 radical (unpaired) electrons. The Hall–Kier alpha value is -2.24. The van der Waals surface area contributed by atoms with E-state index in [1.54, 1.807) is 4.68 Å². The third-order valence-electron chi connectivity index (χ3n) is 2.97. The molecule has 2 heterocycles. The van der Waals surface area contributed by atoms with E-state index in [2.05, 4.69) is 15.1 Å². The van der Waals surface area contributed by atoms with Crippen LogP contribution in [0.25, 0.3) is 22.6 Å². The Morgan fingerprint density at radius 2 is 1.95 bits per heavy atom. The number of rotatable bonds is 2. The van der Waals surface area contributed by atoms with E-state index >= 15 is 0 Å². The van der Waals surface area contributed by atoms with Crippen LogP contribution in [0.1, 0.15) is 12.6 Å². The van der Waals surface area contributed by atoms with Crippen molar-refractivity contribution >= 4 is 11.0 Å². The zero-order valence-electron chi connectivity index (χ0n) is 10.5. The van der Waals surface area contributed by atoms with Crippen LogP contribution in [0.15, 0.2) is 18.2 Å². The number of H-pyrrole nitrogens is 1. The first kappa shape index (κ1) is 11.8. The van der Waals surface area contributed by atoms with Gasteiger partial charge >= 0.3 is 0 Å². The Morgan fingerprint density at radius 3 is 2.68 bits per heavy atom. The molecule has 2 aromatic heterocycles. The van der Waals surface area contributed by atoms with Gasteiger partial charge in [0.25, 0.3) is 0 Å². The molecule has 0 aliphatic heterocycles. The van der Waals surface area contributed by atoms with Crippen molar-refractivity contribution in [2.45, 2.75) is 20.4 Å². The molecule has 0 amide bonds. The van der Waals surface area contributed by atoms with E-state index in [1.807, 2.05) is 19.9 Å². The third kappa shape index (κ3) is 1.89. The van der Waals surface area contributed by atoms with E-state index in [-0.39, 0.29) is 0 Å². The van der Waals surface area contributed by atoms with Crippen molar-refractivity contribution in [1.82, 2.24) is 19.7 Å². The Morgan fingerprint density at radius 1 is 1.21 bits per heavy atom. The quantitative estimate of drug-likeness (QED) is 0.771. The molecular formula is C13H12F2N4. The second kappa shape index (κ2) is 4.15. The lowest BCUT2D eigenvalue weighted by molar-refractivity contribution is 0.510. The molecule has 6 heteroatoms. The molecule has 0 atom stereocenters. The highest BCUT2D eigenvalue weighted by molar-refractivity contribution is 5.79. The minimum absolute atomic E-state index is 0.399. The van der Waals surface area contributed by atoms with Crippen molar-refractivity contribution in [3.05, 3.63) is 35.5 Å². The van der Waals surface area contributed by atoms with E-state index < -0.39 is 11.6 Å². The maximum atomic E-state index is 13.2. The van der Waals surface area contributed by atoms with Gasteiger partial charge in [-0.2, -0.15) is 5.10 Å². The fraction of sp³-hybridized carbons (Fsp3) is 0.231. The van der Waals surface area contributed by atoms with Gasteiger partial charge in [-0.1, -0.05) is 0 Å². The topological polar surface area (TPSA) is 46.5 Å². The number of nitrogens with zero attached hydrogens (tertiary/aromatic N) is 3. The maximum Gasteiger partial charge on any atom is 0.161 e. The SMILES string of the molecule is CCn1nc(C)cc1-c1nc2cc(F)c(F)cc2[nH]1. The molecule has 3 aromatic rings. The molecule has 0 unspecified atom stereocenters. The fourth-order valence-corrected chi connectivity index (χ4v) is 2.10. The Kier molecular flexibility index (Phi) is 2.58. The number of hydrogen-bond acceptors (Lipinski definition) is 2. The second-order valence-electron chi connectivity index (χ2n) is 4.36. The predicted molar refractivity (Wildman–Crippen MR) is 67.6 cm³/mol. The largest absolute Gasteiger partial charge is 0.337 e. The van der Waals surface area contributed by atoms with Crippen LogP contribution in [0, 0.1) is 18.6 Å². The summed E-state index contributed by atoms with van der Waals surface area (Å²) in [6, 6.07) is 4.08. The first-order chi connectivity index (χ1) is 9.08. The molecule has 0 spiro atoms. The van der Waals surface area contributed by atoms with Gasteiger partial charge in [-0.15, -0.1) is 0 Å². The van der Waals surface area contributed by atoms with Gasteiger partial charge in [0.15, 0.2) is 17.5 Å². The highest BCUT2D eigenvalue weighted by atomic mass is 19.2. The molecule has 0 aliphatic carbocycles. The van der Waals surface area contributed by atoms with E-state index in [0.717, 1.165) is 23.5 Å².